The molecule has 1 heterocycles. The van der Waals surface area contributed by atoms with Crippen LogP contribution in [0.25, 0.3) is 0 Å². The van der Waals surface area contributed by atoms with E-state index in [2.05, 4.69) is 16.0 Å². The quantitative estimate of drug-likeness (QED) is 0.588. The second-order valence-electron chi connectivity index (χ2n) is 6.94. The van der Waals surface area contributed by atoms with E-state index < -0.39 is 33.9 Å². The van der Waals surface area contributed by atoms with Crippen LogP contribution in [0.5, 0.6) is 5.75 Å². The average Bonchev–Trinajstić information content (AvgIpc) is 2.84. The van der Waals surface area contributed by atoms with E-state index in [0.29, 0.717) is 18.5 Å². The van der Waals surface area contributed by atoms with Gasteiger partial charge in [-0.05, 0) is 30.9 Å². The number of rotatable bonds is 6. The number of amides is 3. The summed E-state index contributed by atoms with van der Waals surface area (Å²) in [6, 6.07) is 4.35. The van der Waals surface area contributed by atoms with Crippen LogP contribution in [0.2, 0.25) is 0 Å². The van der Waals surface area contributed by atoms with Gasteiger partial charge in [-0.25, -0.2) is 13.2 Å². The highest BCUT2D eigenvalue weighted by atomic mass is 32.2. The number of sulfone groups is 1. The van der Waals surface area contributed by atoms with Crippen LogP contribution < -0.4 is 16.0 Å². The first-order chi connectivity index (χ1) is 12.1. The van der Waals surface area contributed by atoms with E-state index in [4.69, 9.17) is 0 Å². The van der Waals surface area contributed by atoms with Crippen molar-refractivity contribution >= 4 is 27.5 Å². The van der Waals surface area contributed by atoms with Crippen LogP contribution in [0.3, 0.4) is 0 Å². The first-order valence-corrected chi connectivity index (χ1v) is 10.3. The van der Waals surface area contributed by atoms with E-state index in [1.165, 1.54) is 12.1 Å². The lowest BCUT2D eigenvalue weighted by molar-refractivity contribution is -0.118. The molecule has 1 aliphatic heterocycles. The summed E-state index contributed by atoms with van der Waals surface area (Å²) in [5.41, 5.74) is 0.424. The number of carbonyl (C=O) groups excluding carboxylic acids is 2. The van der Waals surface area contributed by atoms with Crippen LogP contribution in [0, 0.1) is 5.92 Å². The van der Waals surface area contributed by atoms with E-state index >= 15 is 0 Å². The lowest BCUT2D eigenvalue weighted by Gasteiger charge is -2.21. The maximum absolute atomic E-state index is 12.5. The van der Waals surface area contributed by atoms with Gasteiger partial charge in [-0.15, -0.1) is 0 Å². The summed E-state index contributed by atoms with van der Waals surface area (Å²) < 4.78 is 22.9. The van der Waals surface area contributed by atoms with Gasteiger partial charge in [0.25, 0.3) is 0 Å². The number of hydrogen-bond acceptors (Lipinski definition) is 5. The molecule has 0 saturated carbocycles. The summed E-state index contributed by atoms with van der Waals surface area (Å²) in [6.07, 6.45) is 0.793. The van der Waals surface area contributed by atoms with Gasteiger partial charge in [0.1, 0.15) is 11.8 Å². The number of aromatic hydroxyl groups is 1. The Bertz CT molecular complexity index is 763. The van der Waals surface area contributed by atoms with E-state index in [-0.39, 0.29) is 23.2 Å². The highest BCUT2D eigenvalue weighted by Gasteiger charge is 2.30. The van der Waals surface area contributed by atoms with Gasteiger partial charge in [-0.3, -0.25) is 4.79 Å². The van der Waals surface area contributed by atoms with Crippen molar-refractivity contribution in [1.82, 2.24) is 10.6 Å². The first kappa shape index (κ1) is 20.0. The van der Waals surface area contributed by atoms with Gasteiger partial charge in [0.2, 0.25) is 5.91 Å². The predicted molar refractivity (Wildman–Crippen MR) is 98.7 cm³/mol. The van der Waals surface area contributed by atoms with Crippen LogP contribution in [0.4, 0.5) is 10.5 Å². The molecule has 9 heteroatoms. The van der Waals surface area contributed by atoms with E-state index in [0.717, 1.165) is 0 Å². The fourth-order valence-electron chi connectivity index (χ4n) is 2.81. The zero-order valence-electron chi connectivity index (χ0n) is 14.9. The Morgan fingerprint density at radius 2 is 2.04 bits per heavy atom. The minimum absolute atomic E-state index is 0.0244. The minimum Gasteiger partial charge on any atom is -0.508 e. The number of hydrogen-bond donors (Lipinski definition) is 4. The molecule has 1 saturated heterocycles. The summed E-state index contributed by atoms with van der Waals surface area (Å²) in [6.45, 7) is 3.86. The van der Waals surface area contributed by atoms with Gasteiger partial charge in [-0.1, -0.05) is 19.9 Å². The molecule has 0 radical (unpaired) electrons. The second-order valence-corrected chi connectivity index (χ2v) is 9.17. The Morgan fingerprint density at radius 3 is 2.62 bits per heavy atom. The van der Waals surface area contributed by atoms with Crippen molar-refractivity contribution in [1.29, 1.82) is 0 Å². The van der Waals surface area contributed by atoms with Gasteiger partial charge in [0.15, 0.2) is 9.84 Å². The van der Waals surface area contributed by atoms with Gasteiger partial charge >= 0.3 is 6.03 Å². The Balaban J connectivity index is 1.97. The molecule has 1 aliphatic rings. The Kier molecular flexibility index (Phi) is 6.47. The number of carbonyl (C=O) groups is 2. The fourth-order valence-corrected chi connectivity index (χ4v) is 4.48. The molecule has 8 nitrogen and oxygen atoms in total. The van der Waals surface area contributed by atoms with Crippen molar-refractivity contribution in [2.24, 2.45) is 5.92 Å². The average molecular weight is 383 g/mol. The molecule has 2 atom stereocenters. The zero-order valence-corrected chi connectivity index (χ0v) is 15.7. The summed E-state index contributed by atoms with van der Waals surface area (Å²) in [4.78, 5) is 24.7. The SMILES string of the molecule is CC(C)C[C@H](NC(=O)N[C@H]1CCS(=O)(=O)C1)C(=O)Nc1cccc(O)c1. The molecule has 1 fully saturated rings. The number of anilines is 1. The number of phenols is 1. The minimum atomic E-state index is -3.10. The van der Waals surface area contributed by atoms with Crippen molar-refractivity contribution in [3.05, 3.63) is 24.3 Å². The van der Waals surface area contributed by atoms with Gasteiger partial charge in [0, 0.05) is 17.8 Å². The van der Waals surface area contributed by atoms with Gasteiger partial charge < -0.3 is 21.1 Å². The molecule has 2 rings (SSSR count). The molecule has 0 aliphatic carbocycles. The molecule has 4 N–H and O–H groups in total. The summed E-state index contributed by atoms with van der Waals surface area (Å²) >= 11 is 0. The summed E-state index contributed by atoms with van der Waals surface area (Å²) in [5, 5.41) is 17.4. The molecule has 3 amide bonds. The first-order valence-electron chi connectivity index (χ1n) is 8.52. The zero-order chi connectivity index (χ0) is 19.3. The standard InChI is InChI=1S/C17H25N3O5S/c1-11(2)8-15(16(22)18-12-4-3-5-14(21)9-12)20-17(23)19-13-6-7-26(24,25)10-13/h3-5,9,11,13,15,21H,6-8,10H2,1-2H3,(H,18,22)(H2,19,20,23)/t13-,15-/m0/s1. The number of phenolic OH excluding ortho intramolecular Hbond substituents is 1. The van der Waals surface area contributed by atoms with Crippen LogP contribution in [-0.4, -0.2) is 49.1 Å². The normalized spacial score (nSPS) is 19.7. The van der Waals surface area contributed by atoms with Crippen molar-refractivity contribution in [2.45, 2.75) is 38.8 Å². The molecule has 1 aromatic carbocycles. The topological polar surface area (TPSA) is 125 Å². The van der Waals surface area contributed by atoms with Crippen LogP contribution in [0.15, 0.2) is 24.3 Å². The third-order valence-electron chi connectivity index (χ3n) is 4.01. The molecule has 144 valence electrons. The molecule has 0 bridgehead atoms. The number of urea groups is 1. The van der Waals surface area contributed by atoms with Crippen molar-refractivity contribution < 1.29 is 23.1 Å². The van der Waals surface area contributed by atoms with Crippen LogP contribution >= 0.6 is 0 Å². The summed E-state index contributed by atoms with van der Waals surface area (Å²) in [7, 11) is -3.10. The highest BCUT2D eigenvalue weighted by Crippen LogP contribution is 2.16. The lowest BCUT2D eigenvalue weighted by Crippen LogP contribution is -2.51. The smallest absolute Gasteiger partial charge is 0.315 e. The molecule has 0 spiro atoms. The summed E-state index contributed by atoms with van der Waals surface area (Å²) in [5.74, 6) is -0.243. The molecule has 1 aromatic rings. The molecular weight excluding hydrogens is 358 g/mol. The predicted octanol–water partition coefficient (Wildman–Crippen LogP) is 1.23. The maximum Gasteiger partial charge on any atom is 0.315 e. The largest absolute Gasteiger partial charge is 0.508 e. The highest BCUT2D eigenvalue weighted by molar-refractivity contribution is 7.91. The molecule has 0 aromatic heterocycles. The third-order valence-corrected chi connectivity index (χ3v) is 5.78. The molecular formula is C17H25N3O5S. The Labute approximate surface area is 153 Å². The Hall–Kier alpha value is -2.29. The second kappa shape index (κ2) is 8.39. The van der Waals surface area contributed by atoms with Crippen molar-refractivity contribution in [3.63, 3.8) is 0 Å². The monoisotopic (exact) mass is 383 g/mol. The number of benzene rings is 1. The Morgan fingerprint density at radius 1 is 1.31 bits per heavy atom. The number of nitrogens with one attached hydrogen (secondary N) is 3. The molecule has 0 unspecified atom stereocenters. The van der Waals surface area contributed by atoms with Crippen LogP contribution in [0.1, 0.15) is 26.7 Å². The van der Waals surface area contributed by atoms with Crippen molar-refractivity contribution in [3.8, 4) is 5.75 Å². The maximum atomic E-state index is 12.5. The van der Waals surface area contributed by atoms with Gasteiger partial charge in [-0.2, -0.15) is 0 Å². The lowest BCUT2D eigenvalue weighted by atomic mass is 10.0. The molecule has 26 heavy (non-hydrogen) atoms. The van der Waals surface area contributed by atoms with Gasteiger partial charge in [0.05, 0.1) is 11.5 Å². The van der Waals surface area contributed by atoms with E-state index in [1.807, 2.05) is 13.8 Å². The van der Waals surface area contributed by atoms with E-state index in [9.17, 15) is 23.1 Å². The van der Waals surface area contributed by atoms with Crippen molar-refractivity contribution in [2.75, 3.05) is 16.8 Å². The fraction of sp³-hybridized carbons (Fsp3) is 0.529. The third kappa shape index (κ3) is 6.21. The van der Waals surface area contributed by atoms with E-state index in [1.54, 1.807) is 12.1 Å². The van der Waals surface area contributed by atoms with Crippen LogP contribution in [-0.2, 0) is 14.6 Å².